The van der Waals surface area contributed by atoms with Crippen LogP contribution in [0.15, 0.2) is 27.1 Å². The van der Waals surface area contributed by atoms with Crippen molar-refractivity contribution in [3.63, 3.8) is 0 Å². The molecular formula is C7H7Br2NaO3S. The van der Waals surface area contributed by atoms with Gasteiger partial charge in [0, 0.05) is 0 Å². The third-order valence-corrected chi connectivity index (χ3v) is 2.87. The molecule has 0 saturated carbocycles. The van der Waals surface area contributed by atoms with E-state index in [2.05, 4.69) is 31.9 Å². The molecule has 1 aromatic rings. The summed E-state index contributed by atoms with van der Waals surface area (Å²) in [5.41, 5.74) is 0. The topological polar surface area (TPSA) is 43.4 Å². The number of rotatable bonds is 2. The Morgan fingerprint density at radius 3 is 2.07 bits per heavy atom. The Hall–Kier alpha value is 0.930. The molecule has 74 valence electrons. The summed E-state index contributed by atoms with van der Waals surface area (Å²) in [6, 6.07) is 5.17. The van der Waals surface area contributed by atoms with Crippen LogP contribution in [-0.2, 0) is 10.1 Å². The molecule has 0 fully saturated rings. The molecule has 0 spiro atoms. The van der Waals surface area contributed by atoms with Gasteiger partial charge in [-0.3, -0.25) is 0 Å². The smallest absolute Gasteiger partial charge is 1.00 e. The van der Waals surface area contributed by atoms with E-state index < -0.39 is 10.1 Å². The van der Waals surface area contributed by atoms with E-state index in [1.807, 2.05) is 0 Å². The number of hydrogen-bond donors (Lipinski definition) is 0. The monoisotopic (exact) mass is 352 g/mol. The normalized spacial score (nSPS) is 10.5. The molecule has 7 heteroatoms. The van der Waals surface area contributed by atoms with Crippen molar-refractivity contribution >= 4 is 42.0 Å². The van der Waals surface area contributed by atoms with Gasteiger partial charge in [0.05, 0.1) is 15.2 Å². The average Bonchev–Trinajstić information content (AvgIpc) is 1.95. The molecule has 0 unspecified atom stereocenters. The Bertz CT molecular complexity index is 404. The van der Waals surface area contributed by atoms with Gasteiger partial charge in [-0.2, -0.15) is 8.42 Å². The van der Waals surface area contributed by atoms with E-state index in [-0.39, 0.29) is 36.7 Å². The first kappa shape index (κ1) is 14.9. The van der Waals surface area contributed by atoms with E-state index >= 15 is 0 Å². The zero-order valence-electron chi connectivity index (χ0n) is 8.62. The van der Waals surface area contributed by atoms with Gasteiger partial charge in [0.2, 0.25) is 0 Å². The Labute approximate surface area is 123 Å². The summed E-state index contributed by atoms with van der Waals surface area (Å²) in [7, 11) is -3.48. The summed E-state index contributed by atoms with van der Waals surface area (Å²) in [5, 5.41) is 0. The molecule has 0 atom stereocenters. The first-order valence-electron chi connectivity index (χ1n) is 3.23. The quantitative estimate of drug-likeness (QED) is 0.540. The second-order valence-electron chi connectivity index (χ2n) is 2.34. The van der Waals surface area contributed by atoms with Crippen LogP contribution in [0.25, 0.3) is 0 Å². The standard InChI is InChI=1S/C7H6Br2O3S.Na.H/c1-13(10,11)12-7-5(8)3-2-4-6(7)9;;/h2-4H,1H3;;/q;+1;-1. The van der Waals surface area contributed by atoms with Crippen LogP contribution in [0.5, 0.6) is 5.75 Å². The number of halogens is 2. The summed E-state index contributed by atoms with van der Waals surface area (Å²) in [6.45, 7) is 0. The fourth-order valence-electron chi connectivity index (χ4n) is 0.714. The summed E-state index contributed by atoms with van der Waals surface area (Å²) >= 11 is 6.36. The molecule has 0 aliphatic carbocycles. The molecule has 1 aromatic carbocycles. The van der Waals surface area contributed by atoms with Crippen LogP contribution >= 0.6 is 31.9 Å². The van der Waals surface area contributed by atoms with Crippen molar-refractivity contribution in [1.29, 1.82) is 0 Å². The first-order valence-corrected chi connectivity index (χ1v) is 6.64. The van der Waals surface area contributed by atoms with Crippen LogP contribution in [0.3, 0.4) is 0 Å². The Morgan fingerprint density at radius 2 is 1.71 bits per heavy atom. The van der Waals surface area contributed by atoms with E-state index in [0.29, 0.717) is 8.95 Å². The van der Waals surface area contributed by atoms with Gasteiger partial charge in [-0.05, 0) is 44.0 Å². The first-order chi connectivity index (χ1) is 5.90. The molecule has 0 heterocycles. The van der Waals surface area contributed by atoms with Gasteiger partial charge in [-0.1, -0.05) is 6.07 Å². The van der Waals surface area contributed by atoms with E-state index in [9.17, 15) is 8.42 Å². The molecular weight excluding hydrogens is 347 g/mol. The molecule has 0 N–H and O–H groups in total. The molecule has 0 bridgehead atoms. The number of hydrogen-bond acceptors (Lipinski definition) is 3. The third-order valence-electron chi connectivity index (χ3n) is 1.15. The molecule has 14 heavy (non-hydrogen) atoms. The van der Waals surface area contributed by atoms with E-state index in [0.717, 1.165) is 6.26 Å². The fraction of sp³-hybridized carbons (Fsp3) is 0.143. The minimum Gasteiger partial charge on any atom is -1.00 e. The zero-order valence-corrected chi connectivity index (χ0v) is 13.6. The second-order valence-corrected chi connectivity index (χ2v) is 5.62. The van der Waals surface area contributed by atoms with Crippen molar-refractivity contribution in [2.45, 2.75) is 0 Å². The minimum absolute atomic E-state index is 0. The maximum Gasteiger partial charge on any atom is 1.00 e. The Balaban J connectivity index is 0. The van der Waals surface area contributed by atoms with Gasteiger partial charge in [-0.25, -0.2) is 0 Å². The van der Waals surface area contributed by atoms with Gasteiger partial charge >= 0.3 is 39.7 Å². The Morgan fingerprint density at radius 1 is 1.29 bits per heavy atom. The largest absolute Gasteiger partial charge is 1.00 e. The second kappa shape index (κ2) is 5.86. The molecule has 3 nitrogen and oxygen atoms in total. The van der Waals surface area contributed by atoms with Crippen LogP contribution in [-0.4, -0.2) is 14.7 Å². The summed E-state index contributed by atoms with van der Waals surface area (Å²) in [4.78, 5) is 0. The van der Waals surface area contributed by atoms with Crippen molar-refractivity contribution in [3.8, 4) is 5.75 Å². The number of para-hydroxylation sites is 1. The van der Waals surface area contributed by atoms with Crippen LogP contribution in [0.1, 0.15) is 1.43 Å². The maximum atomic E-state index is 10.8. The predicted octanol–water partition coefficient (Wildman–Crippen LogP) is -0.333. The van der Waals surface area contributed by atoms with E-state index in [1.165, 1.54) is 0 Å². The van der Waals surface area contributed by atoms with Crippen LogP contribution in [0.2, 0.25) is 0 Å². The van der Waals surface area contributed by atoms with E-state index in [1.54, 1.807) is 18.2 Å². The molecule has 0 saturated heterocycles. The molecule has 0 aliphatic rings. The SMILES string of the molecule is CS(=O)(=O)Oc1c(Br)cccc1Br.[H-].[Na+]. The maximum absolute atomic E-state index is 10.8. The van der Waals surface area contributed by atoms with Crippen LogP contribution in [0.4, 0.5) is 0 Å². The van der Waals surface area contributed by atoms with Gasteiger partial charge in [0.25, 0.3) is 0 Å². The summed E-state index contributed by atoms with van der Waals surface area (Å²) in [5.74, 6) is 0.269. The van der Waals surface area contributed by atoms with Crippen molar-refractivity contribution in [1.82, 2.24) is 0 Å². The van der Waals surface area contributed by atoms with Gasteiger partial charge in [0.15, 0.2) is 5.75 Å². The summed E-state index contributed by atoms with van der Waals surface area (Å²) < 4.78 is 27.6. The van der Waals surface area contributed by atoms with Crippen LogP contribution < -0.4 is 33.7 Å². The van der Waals surface area contributed by atoms with Crippen molar-refractivity contribution < 1.29 is 43.6 Å². The van der Waals surface area contributed by atoms with E-state index in [4.69, 9.17) is 4.18 Å². The minimum atomic E-state index is -3.48. The fourth-order valence-corrected chi connectivity index (χ4v) is 2.57. The van der Waals surface area contributed by atoms with Crippen molar-refractivity contribution in [3.05, 3.63) is 27.1 Å². The average molecular weight is 354 g/mol. The number of benzene rings is 1. The zero-order chi connectivity index (χ0) is 10.1. The van der Waals surface area contributed by atoms with Gasteiger partial charge in [-0.15, -0.1) is 0 Å². The van der Waals surface area contributed by atoms with Crippen LogP contribution in [0, 0.1) is 0 Å². The van der Waals surface area contributed by atoms with Gasteiger partial charge in [0.1, 0.15) is 0 Å². The van der Waals surface area contributed by atoms with Crippen molar-refractivity contribution in [2.75, 3.05) is 6.26 Å². The predicted molar refractivity (Wildman–Crippen MR) is 58.4 cm³/mol. The molecule has 0 aliphatic heterocycles. The molecule has 0 amide bonds. The molecule has 0 radical (unpaired) electrons. The Kier molecular flexibility index (Phi) is 6.25. The molecule has 0 aromatic heterocycles. The third kappa shape index (κ3) is 4.63. The summed E-state index contributed by atoms with van der Waals surface area (Å²) in [6.07, 6.45) is 0.999. The van der Waals surface area contributed by atoms with Crippen molar-refractivity contribution in [2.24, 2.45) is 0 Å². The van der Waals surface area contributed by atoms with Gasteiger partial charge < -0.3 is 5.61 Å². The molecule has 1 rings (SSSR count).